The van der Waals surface area contributed by atoms with Gasteiger partial charge in [0.1, 0.15) is 0 Å². The topological polar surface area (TPSA) is 95.9 Å². The number of nitrogens with zero attached hydrogens (tertiary/aromatic N) is 1. The van der Waals surface area contributed by atoms with Gasteiger partial charge in [-0.05, 0) is 25.7 Å². The van der Waals surface area contributed by atoms with Gasteiger partial charge in [0.25, 0.3) is 10.2 Å². The molecule has 7 nitrogen and oxygen atoms in total. The third-order valence-corrected chi connectivity index (χ3v) is 5.05. The van der Waals surface area contributed by atoms with Crippen LogP contribution in [0, 0.1) is 5.92 Å². The molecule has 1 aliphatic rings. The summed E-state index contributed by atoms with van der Waals surface area (Å²) < 4.78 is 33.2. The number of carboxylic acids is 1. The van der Waals surface area contributed by atoms with Crippen LogP contribution >= 0.6 is 0 Å². The van der Waals surface area contributed by atoms with E-state index in [0.717, 1.165) is 12.8 Å². The molecular formula is C13H26N2O5S. The summed E-state index contributed by atoms with van der Waals surface area (Å²) in [5.41, 5.74) is 0. The van der Waals surface area contributed by atoms with Crippen LogP contribution in [0.25, 0.3) is 0 Å². The molecule has 0 aromatic rings. The maximum Gasteiger partial charge on any atom is 0.307 e. The van der Waals surface area contributed by atoms with Crippen LogP contribution in [-0.2, 0) is 19.7 Å². The van der Waals surface area contributed by atoms with Crippen LogP contribution in [0.1, 0.15) is 39.0 Å². The van der Waals surface area contributed by atoms with Gasteiger partial charge in [-0.2, -0.15) is 12.7 Å². The highest BCUT2D eigenvalue weighted by Crippen LogP contribution is 2.18. The molecule has 21 heavy (non-hydrogen) atoms. The molecule has 1 saturated heterocycles. The van der Waals surface area contributed by atoms with Crippen LogP contribution in [0.3, 0.4) is 0 Å². The summed E-state index contributed by atoms with van der Waals surface area (Å²) in [6, 6.07) is 0. The largest absolute Gasteiger partial charge is 0.481 e. The molecule has 1 unspecified atom stereocenters. The number of carbonyl (C=O) groups is 1. The van der Waals surface area contributed by atoms with Crippen molar-refractivity contribution in [2.24, 2.45) is 5.92 Å². The van der Waals surface area contributed by atoms with Crippen molar-refractivity contribution < 1.29 is 23.1 Å². The summed E-state index contributed by atoms with van der Waals surface area (Å²) in [5.74, 6) is -1.54. The fourth-order valence-corrected chi connectivity index (χ4v) is 3.51. The van der Waals surface area contributed by atoms with Gasteiger partial charge in [-0.25, -0.2) is 4.72 Å². The molecular weight excluding hydrogens is 296 g/mol. The third kappa shape index (κ3) is 6.73. The Morgan fingerprint density at radius 3 is 2.76 bits per heavy atom. The van der Waals surface area contributed by atoms with E-state index in [4.69, 9.17) is 9.84 Å². The van der Waals surface area contributed by atoms with Gasteiger partial charge in [0.05, 0.1) is 5.92 Å². The van der Waals surface area contributed by atoms with Gasteiger partial charge < -0.3 is 9.84 Å². The second-order valence-electron chi connectivity index (χ2n) is 5.25. The maximum absolute atomic E-state index is 12.1. The zero-order chi connectivity index (χ0) is 15.7. The number of rotatable bonds is 10. The molecule has 0 spiro atoms. The first-order valence-electron chi connectivity index (χ1n) is 7.52. The van der Waals surface area contributed by atoms with E-state index in [9.17, 15) is 13.2 Å². The highest BCUT2D eigenvalue weighted by molar-refractivity contribution is 7.87. The highest BCUT2D eigenvalue weighted by atomic mass is 32.2. The van der Waals surface area contributed by atoms with Gasteiger partial charge in [0.2, 0.25) is 0 Å². The Kier molecular flexibility index (Phi) is 8.16. The Morgan fingerprint density at radius 1 is 1.38 bits per heavy atom. The lowest BCUT2D eigenvalue weighted by Crippen LogP contribution is -2.47. The molecule has 0 aromatic heterocycles. The van der Waals surface area contributed by atoms with Gasteiger partial charge in [-0.15, -0.1) is 0 Å². The monoisotopic (exact) mass is 322 g/mol. The van der Waals surface area contributed by atoms with Crippen molar-refractivity contribution >= 4 is 16.2 Å². The molecule has 1 heterocycles. The maximum atomic E-state index is 12.1. The van der Waals surface area contributed by atoms with Crippen LogP contribution in [-0.4, -0.2) is 56.6 Å². The smallest absolute Gasteiger partial charge is 0.307 e. The summed E-state index contributed by atoms with van der Waals surface area (Å²) >= 11 is 0. The second kappa shape index (κ2) is 9.34. The summed E-state index contributed by atoms with van der Waals surface area (Å²) in [4.78, 5) is 11.0. The van der Waals surface area contributed by atoms with Crippen molar-refractivity contribution in [3.63, 3.8) is 0 Å². The van der Waals surface area contributed by atoms with Crippen molar-refractivity contribution in [1.82, 2.24) is 9.03 Å². The Morgan fingerprint density at radius 2 is 2.10 bits per heavy atom. The molecule has 0 radical (unpaired) electrons. The molecule has 0 aromatic carbocycles. The first kappa shape index (κ1) is 18.3. The zero-order valence-electron chi connectivity index (χ0n) is 12.6. The van der Waals surface area contributed by atoms with E-state index >= 15 is 0 Å². The number of aliphatic carboxylic acids is 1. The van der Waals surface area contributed by atoms with E-state index in [0.29, 0.717) is 45.6 Å². The molecule has 1 aliphatic heterocycles. The molecule has 1 atom stereocenters. The molecule has 0 bridgehead atoms. The lowest BCUT2D eigenvalue weighted by Gasteiger charge is -2.29. The first-order valence-corrected chi connectivity index (χ1v) is 8.96. The van der Waals surface area contributed by atoms with Crippen LogP contribution in [0.2, 0.25) is 0 Å². The normalized spacial score (nSPS) is 20.5. The minimum atomic E-state index is -3.58. The van der Waals surface area contributed by atoms with Crippen molar-refractivity contribution in [2.75, 3.05) is 32.8 Å². The number of ether oxygens (including phenoxy) is 1. The quantitative estimate of drug-likeness (QED) is 0.581. The average molecular weight is 322 g/mol. The number of carboxylic acid groups (broad SMARTS) is 1. The molecule has 1 rings (SSSR count). The van der Waals surface area contributed by atoms with Gasteiger partial charge in [0, 0.05) is 32.8 Å². The van der Waals surface area contributed by atoms with Crippen molar-refractivity contribution in [3.8, 4) is 0 Å². The first-order chi connectivity index (χ1) is 9.97. The van der Waals surface area contributed by atoms with Crippen LogP contribution in [0.5, 0.6) is 0 Å². The Balaban J connectivity index is 2.27. The third-order valence-electron chi connectivity index (χ3n) is 3.47. The predicted molar refractivity (Wildman–Crippen MR) is 79.2 cm³/mol. The zero-order valence-corrected chi connectivity index (χ0v) is 13.4. The van der Waals surface area contributed by atoms with Crippen LogP contribution < -0.4 is 4.72 Å². The van der Waals surface area contributed by atoms with Gasteiger partial charge in [-0.1, -0.05) is 13.3 Å². The summed E-state index contributed by atoms with van der Waals surface area (Å²) in [6.45, 7) is 4.06. The highest BCUT2D eigenvalue weighted by Gasteiger charge is 2.31. The molecule has 0 saturated carbocycles. The fourth-order valence-electron chi connectivity index (χ4n) is 2.18. The summed E-state index contributed by atoms with van der Waals surface area (Å²) in [6.07, 6.45) is 3.81. The number of hydrogen-bond acceptors (Lipinski definition) is 4. The molecule has 1 fully saturated rings. The summed E-state index contributed by atoms with van der Waals surface area (Å²) in [7, 11) is -3.58. The van der Waals surface area contributed by atoms with Gasteiger partial charge in [0.15, 0.2) is 0 Å². The average Bonchev–Trinajstić information content (AvgIpc) is 2.46. The van der Waals surface area contributed by atoms with Crippen LogP contribution in [0.4, 0.5) is 0 Å². The number of piperidine rings is 1. The number of unbranched alkanes of at least 4 members (excludes halogenated alkanes) is 1. The van der Waals surface area contributed by atoms with E-state index in [2.05, 4.69) is 11.6 Å². The molecule has 0 amide bonds. The summed E-state index contributed by atoms with van der Waals surface area (Å²) in [5, 5.41) is 8.98. The Bertz CT molecular complexity index is 413. The lowest BCUT2D eigenvalue weighted by atomic mass is 10.0. The Hall–Kier alpha value is -0.700. The van der Waals surface area contributed by atoms with E-state index in [-0.39, 0.29) is 6.54 Å². The van der Waals surface area contributed by atoms with Gasteiger partial charge in [-0.3, -0.25) is 4.79 Å². The van der Waals surface area contributed by atoms with E-state index in [1.54, 1.807) is 0 Å². The number of nitrogens with one attached hydrogen (secondary N) is 1. The number of hydrogen-bond donors (Lipinski definition) is 2. The molecule has 0 aliphatic carbocycles. The second-order valence-corrected chi connectivity index (χ2v) is 7.01. The standard InChI is InChI=1S/C13H26N2O5S/c1-2-3-9-20-10-5-7-14-21(18,19)15-8-4-6-12(11-15)13(16)17/h12,14H,2-11H2,1H3,(H,16,17). The van der Waals surface area contributed by atoms with E-state index in [1.807, 2.05) is 0 Å². The minimum absolute atomic E-state index is 0.0532. The van der Waals surface area contributed by atoms with Gasteiger partial charge >= 0.3 is 5.97 Å². The fraction of sp³-hybridized carbons (Fsp3) is 0.923. The Labute approximate surface area is 126 Å². The van der Waals surface area contributed by atoms with Crippen LogP contribution in [0.15, 0.2) is 0 Å². The molecule has 124 valence electrons. The van der Waals surface area contributed by atoms with Crippen molar-refractivity contribution in [3.05, 3.63) is 0 Å². The van der Waals surface area contributed by atoms with E-state index < -0.39 is 22.1 Å². The lowest BCUT2D eigenvalue weighted by molar-refractivity contribution is -0.142. The van der Waals surface area contributed by atoms with Crippen molar-refractivity contribution in [2.45, 2.75) is 39.0 Å². The predicted octanol–water partition coefficient (Wildman–Crippen LogP) is 0.824. The molecule has 2 N–H and O–H groups in total. The van der Waals surface area contributed by atoms with Crippen molar-refractivity contribution in [1.29, 1.82) is 0 Å². The SMILES string of the molecule is CCCCOCCCNS(=O)(=O)N1CCCC(C(=O)O)C1. The minimum Gasteiger partial charge on any atom is -0.481 e. The molecule has 8 heteroatoms. The van der Waals surface area contributed by atoms with E-state index in [1.165, 1.54) is 4.31 Å².